The zero-order valence-electron chi connectivity index (χ0n) is 11.0. The standard InChI is InChI=1S/C5H5.3C3H7.Gd/c1-2-4-5-3-1;3*1-3-2;/h1-3H,4H2;3*3H,1-2H3;/q4*-1;. The molecule has 15 heavy (non-hydrogen) atoms. The summed E-state index contributed by atoms with van der Waals surface area (Å²) in [6.45, 7) is 12.0. The van der Waals surface area contributed by atoms with Crippen LogP contribution < -0.4 is 0 Å². The summed E-state index contributed by atoms with van der Waals surface area (Å²) in [6.07, 6.45) is 16.0. The van der Waals surface area contributed by atoms with E-state index in [1.807, 2.05) is 73.0 Å². The fourth-order valence-corrected chi connectivity index (χ4v) is 0.340. The third-order valence-corrected chi connectivity index (χ3v) is 0.586. The van der Waals surface area contributed by atoms with Gasteiger partial charge in [-0.1, -0.05) is 0 Å². The van der Waals surface area contributed by atoms with E-state index in [1.165, 1.54) is 0 Å². The molecule has 0 heterocycles. The van der Waals surface area contributed by atoms with Gasteiger partial charge in [0.15, 0.2) is 0 Å². The summed E-state index contributed by atoms with van der Waals surface area (Å²) in [5, 5.41) is 0. The Bertz CT molecular complexity index is 89.2. The molecule has 0 unspecified atom stereocenters. The predicted octanol–water partition coefficient (Wildman–Crippen LogP) is 5.00. The third-order valence-electron chi connectivity index (χ3n) is 0.586. The minimum Gasteiger partial charge on any atom is -0.335 e. The molecule has 0 nitrogen and oxygen atoms in total. The topological polar surface area (TPSA) is 0 Å². The van der Waals surface area contributed by atoms with Crippen molar-refractivity contribution < 1.29 is 39.9 Å². The summed E-state index contributed by atoms with van der Waals surface area (Å²) in [6, 6.07) is 0. The van der Waals surface area contributed by atoms with Crippen molar-refractivity contribution in [1.82, 2.24) is 0 Å². The summed E-state index contributed by atoms with van der Waals surface area (Å²) in [5.74, 6) is 0. The first-order valence-corrected chi connectivity index (χ1v) is 5.18. The molecular formula is C14H26Gd-4. The molecule has 1 rings (SSSR count). The Kier molecular flexibility index (Phi) is 60.3. The van der Waals surface area contributed by atoms with Crippen LogP contribution in [0, 0.1) is 65.3 Å². The van der Waals surface area contributed by atoms with Crippen molar-refractivity contribution in [2.45, 2.75) is 48.0 Å². The first-order chi connectivity index (χ1) is 6.74. The molecule has 0 spiro atoms. The van der Waals surface area contributed by atoms with Crippen LogP contribution in [-0.2, 0) is 0 Å². The molecule has 94 valence electrons. The van der Waals surface area contributed by atoms with E-state index < -0.39 is 0 Å². The van der Waals surface area contributed by atoms with Crippen molar-refractivity contribution in [2.75, 3.05) is 0 Å². The molecule has 0 saturated heterocycles. The molecular weight excluding hydrogens is 325 g/mol. The van der Waals surface area contributed by atoms with Gasteiger partial charge < -0.3 is 19.3 Å². The van der Waals surface area contributed by atoms with Crippen molar-refractivity contribution in [1.29, 1.82) is 0 Å². The Balaban J connectivity index is -0.0000000550. The van der Waals surface area contributed by atoms with Crippen LogP contribution >= 0.6 is 0 Å². The van der Waals surface area contributed by atoms with E-state index in [4.69, 9.17) is 0 Å². The molecule has 0 bridgehead atoms. The van der Waals surface area contributed by atoms with Crippen LogP contribution in [0.25, 0.3) is 0 Å². The normalized spacial score (nSPS) is 9.47. The van der Waals surface area contributed by atoms with Crippen LogP contribution in [0.3, 0.4) is 0 Å². The molecule has 0 radical (unpaired) electrons. The fraction of sp³-hybridized carbons (Fsp3) is 0.500. The maximum absolute atomic E-state index is 2.99. The van der Waals surface area contributed by atoms with Gasteiger partial charge in [-0.05, 0) is 0 Å². The summed E-state index contributed by atoms with van der Waals surface area (Å²) >= 11 is 0. The van der Waals surface area contributed by atoms with Gasteiger partial charge in [-0.15, -0.1) is 6.42 Å². The molecule has 0 aromatic heterocycles. The van der Waals surface area contributed by atoms with E-state index in [0.717, 1.165) is 6.42 Å². The fourth-order valence-electron chi connectivity index (χ4n) is 0.340. The molecule has 0 saturated carbocycles. The Morgan fingerprint density at radius 1 is 0.867 bits per heavy atom. The van der Waals surface area contributed by atoms with Crippen LogP contribution in [0.2, 0.25) is 0 Å². The number of rotatable bonds is 0. The zero-order chi connectivity index (χ0) is 11.7. The SMILES string of the molecule is C[CH-]C.C[CH-]C.C[CH-]C.[C-]1=CC=CC1.[Gd]. The van der Waals surface area contributed by atoms with Crippen molar-refractivity contribution in [3.63, 3.8) is 0 Å². The van der Waals surface area contributed by atoms with Gasteiger partial charge in [0.05, 0.1) is 0 Å². The monoisotopic (exact) mass is 352 g/mol. The maximum atomic E-state index is 2.99. The van der Waals surface area contributed by atoms with Gasteiger partial charge in [-0.2, -0.15) is 47.6 Å². The molecule has 1 aliphatic carbocycles. The number of allylic oxidation sites excluding steroid dienone is 4. The van der Waals surface area contributed by atoms with Crippen molar-refractivity contribution in [3.8, 4) is 0 Å². The number of hydrogen-bond donors (Lipinski definition) is 0. The molecule has 0 fully saturated rings. The Morgan fingerprint density at radius 2 is 1.20 bits per heavy atom. The van der Waals surface area contributed by atoms with E-state index in [2.05, 4.69) is 12.2 Å². The van der Waals surface area contributed by atoms with Gasteiger partial charge in [0.1, 0.15) is 0 Å². The summed E-state index contributed by atoms with van der Waals surface area (Å²) in [5.41, 5.74) is 0. The molecule has 0 atom stereocenters. The van der Waals surface area contributed by atoms with Crippen LogP contribution in [0.4, 0.5) is 0 Å². The average Bonchev–Trinajstić information content (AvgIpc) is 2.63. The second-order valence-corrected chi connectivity index (χ2v) is 2.74. The average molecular weight is 352 g/mol. The zero-order valence-corrected chi connectivity index (χ0v) is 13.3. The van der Waals surface area contributed by atoms with Crippen LogP contribution in [-0.4, -0.2) is 0 Å². The minimum atomic E-state index is 0. The van der Waals surface area contributed by atoms with Crippen molar-refractivity contribution >= 4 is 0 Å². The Hall–Kier alpha value is 0.805. The minimum absolute atomic E-state index is 0. The maximum Gasteiger partial charge on any atom is 0 e. The first kappa shape index (κ1) is 24.9. The van der Waals surface area contributed by atoms with Crippen LogP contribution in [0.15, 0.2) is 18.2 Å². The molecule has 1 heteroatoms. The number of hydrogen-bond acceptors (Lipinski definition) is 0. The van der Waals surface area contributed by atoms with E-state index in [9.17, 15) is 0 Å². The van der Waals surface area contributed by atoms with Crippen LogP contribution in [0.5, 0.6) is 0 Å². The smallest absolute Gasteiger partial charge is 0 e. The second kappa shape index (κ2) is 36.4. The Morgan fingerprint density at radius 3 is 1.27 bits per heavy atom. The summed E-state index contributed by atoms with van der Waals surface area (Å²) < 4.78 is 0. The largest absolute Gasteiger partial charge is 0.335 e. The summed E-state index contributed by atoms with van der Waals surface area (Å²) in [4.78, 5) is 0. The van der Waals surface area contributed by atoms with Crippen molar-refractivity contribution in [2.24, 2.45) is 0 Å². The van der Waals surface area contributed by atoms with Crippen LogP contribution in [0.1, 0.15) is 48.0 Å². The quantitative estimate of drug-likeness (QED) is 0.539. The van der Waals surface area contributed by atoms with E-state index >= 15 is 0 Å². The van der Waals surface area contributed by atoms with E-state index in [-0.39, 0.29) is 39.9 Å². The van der Waals surface area contributed by atoms with Crippen molar-refractivity contribution in [3.05, 3.63) is 43.6 Å². The predicted molar refractivity (Wildman–Crippen MR) is 68.5 cm³/mol. The van der Waals surface area contributed by atoms with Gasteiger partial charge in [0.2, 0.25) is 0 Å². The van der Waals surface area contributed by atoms with Gasteiger partial charge in [0, 0.05) is 39.9 Å². The first-order valence-electron chi connectivity index (χ1n) is 5.18. The van der Waals surface area contributed by atoms with E-state index in [0.29, 0.717) is 0 Å². The van der Waals surface area contributed by atoms with E-state index in [1.54, 1.807) is 0 Å². The molecule has 0 N–H and O–H groups in total. The van der Waals surface area contributed by atoms with Gasteiger partial charge in [0.25, 0.3) is 0 Å². The van der Waals surface area contributed by atoms with Gasteiger partial charge in [-0.3, -0.25) is 6.08 Å². The Labute approximate surface area is 130 Å². The molecule has 0 aromatic rings. The van der Waals surface area contributed by atoms with Gasteiger partial charge in [-0.25, -0.2) is 12.2 Å². The summed E-state index contributed by atoms with van der Waals surface area (Å²) in [7, 11) is 0. The third kappa shape index (κ3) is 72.0. The second-order valence-electron chi connectivity index (χ2n) is 2.74. The molecule has 0 aromatic carbocycles. The molecule has 0 amide bonds. The van der Waals surface area contributed by atoms with Gasteiger partial charge >= 0.3 is 0 Å². The molecule has 0 aliphatic heterocycles. The molecule has 1 aliphatic rings.